The van der Waals surface area contributed by atoms with E-state index in [1.54, 1.807) is 0 Å². The van der Waals surface area contributed by atoms with E-state index in [2.05, 4.69) is 76.9 Å². The molecule has 1 N–H and O–H groups in total. The van der Waals surface area contributed by atoms with Gasteiger partial charge in [0.2, 0.25) is 0 Å². The van der Waals surface area contributed by atoms with Gasteiger partial charge in [-0.1, -0.05) is 84.4 Å². The van der Waals surface area contributed by atoms with Gasteiger partial charge in [-0.05, 0) is 66.0 Å². The van der Waals surface area contributed by atoms with Gasteiger partial charge in [-0.15, -0.1) is 24.8 Å². The first-order valence-electron chi connectivity index (χ1n) is 12.1. The summed E-state index contributed by atoms with van der Waals surface area (Å²) in [5.74, 6) is 0.947. The third-order valence-corrected chi connectivity index (χ3v) is 6.96. The average molecular weight is 544 g/mol. The van der Waals surface area contributed by atoms with Crippen LogP contribution in [0.5, 0.6) is 5.75 Å². The van der Waals surface area contributed by atoms with Crippen molar-refractivity contribution in [2.24, 2.45) is 0 Å². The summed E-state index contributed by atoms with van der Waals surface area (Å²) in [7, 11) is 0. The fourth-order valence-corrected chi connectivity index (χ4v) is 4.88. The lowest BCUT2D eigenvalue weighted by Crippen LogP contribution is -2.41. The molecule has 0 saturated carbocycles. The number of hydrogen-bond donors (Lipinski definition) is 1. The quantitative estimate of drug-likeness (QED) is 0.247. The first kappa shape index (κ1) is 28.3. The molecule has 0 aromatic heterocycles. The summed E-state index contributed by atoms with van der Waals surface area (Å²) < 4.78 is 6.30. The summed E-state index contributed by atoms with van der Waals surface area (Å²) in [5, 5.41) is 7.08. The second kappa shape index (κ2) is 13.9. The normalized spacial score (nSPS) is 14.1. The Balaban J connectivity index is 0.00000180. The van der Waals surface area contributed by atoms with Crippen molar-refractivity contribution < 1.29 is 4.74 Å². The summed E-state index contributed by atoms with van der Waals surface area (Å²) in [5.41, 5.74) is 3.74. The van der Waals surface area contributed by atoms with Crippen LogP contribution < -0.4 is 10.1 Å². The van der Waals surface area contributed by atoms with Crippen LogP contribution in [0.2, 0.25) is 5.02 Å². The Bertz CT molecular complexity index is 1210. The summed E-state index contributed by atoms with van der Waals surface area (Å²) in [6.45, 7) is 4.63. The molecule has 0 amide bonds. The van der Waals surface area contributed by atoms with Gasteiger partial charge in [0.25, 0.3) is 0 Å². The van der Waals surface area contributed by atoms with Crippen LogP contribution in [0, 0.1) is 0 Å². The molecular weight excluding hydrogens is 511 g/mol. The zero-order chi connectivity index (χ0) is 23.2. The van der Waals surface area contributed by atoms with Crippen LogP contribution in [0.15, 0.2) is 91.0 Å². The van der Waals surface area contributed by atoms with Crippen molar-refractivity contribution in [2.45, 2.75) is 38.6 Å². The SMILES string of the molecule is Cl.Cl.Clc1ccc(COc2ccc3ccccc3c2CNC2CCN(Cc3ccccc3)CC2)cc1. The maximum absolute atomic E-state index is 6.30. The fourth-order valence-electron chi connectivity index (χ4n) is 4.76. The van der Waals surface area contributed by atoms with Crippen molar-refractivity contribution in [3.63, 3.8) is 0 Å². The maximum atomic E-state index is 6.30. The lowest BCUT2D eigenvalue weighted by atomic mass is 10.0. The summed E-state index contributed by atoms with van der Waals surface area (Å²) in [6.07, 6.45) is 2.33. The van der Waals surface area contributed by atoms with E-state index in [9.17, 15) is 0 Å². The first-order chi connectivity index (χ1) is 16.7. The van der Waals surface area contributed by atoms with Crippen molar-refractivity contribution in [3.05, 3.63) is 113 Å². The minimum absolute atomic E-state index is 0. The van der Waals surface area contributed by atoms with E-state index in [0.717, 1.165) is 42.5 Å². The zero-order valence-corrected chi connectivity index (χ0v) is 22.6. The summed E-state index contributed by atoms with van der Waals surface area (Å²) >= 11 is 6.03. The predicted molar refractivity (Wildman–Crippen MR) is 156 cm³/mol. The lowest BCUT2D eigenvalue weighted by molar-refractivity contribution is 0.190. The molecule has 1 aliphatic heterocycles. The average Bonchev–Trinajstić information content (AvgIpc) is 2.89. The molecule has 0 aliphatic carbocycles. The van der Waals surface area contributed by atoms with Crippen LogP contribution in [-0.2, 0) is 19.7 Å². The molecule has 4 aromatic carbocycles. The van der Waals surface area contributed by atoms with E-state index in [1.807, 2.05) is 24.3 Å². The number of ether oxygens (including phenoxy) is 1. The molecule has 1 fully saturated rings. The van der Waals surface area contributed by atoms with Crippen LogP contribution in [-0.4, -0.2) is 24.0 Å². The van der Waals surface area contributed by atoms with Crippen molar-refractivity contribution >= 4 is 47.2 Å². The Morgan fingerprint density at radius 2 is 1.47 bits per heavy atom. The predicted octanol–water partition coefficient (Wildman–Crippen LogP) is 7.67. The molecule has 0 radical (unpaired) electrons. The molecule has 4 aromatic rings. The van der Waals surface area contributed by atoms with Gasteiger partial charge in [0, 0.05) is 29.7 Å². The standard InChI is InChI=1S/C30H31ClN2O.2ClH/c31-26-13-10-24(11-14-26)22-34-30-15-12-25-8-4-5-9-28(25)29(30)20-32-27-16-18-33(19-17-27)21-23-6-2-1-3-7-23;;/h1-15,27,32H,16-22H2;2*1H. The Hall–Kier alpha value is -2.27. The summed E-state index contributed by atoms with van der Waals surface area (Å²) in [4.78, 5) is 2.56. The highest BCUT2D eigenvalue weighted by Crippen LogP contribution is 2.29. The van der Waals surface area contributed by atoms with E-state index in [-0.39, 0.29) is 24.8 Å². The van der Waals surface area contributed by atoms with Crippen LogP contribution >= 0.6 is 36.4 Å². The zero-order valence-electron chi connectivity index (χ0n) is 20.2. The van der Waals surface area contributed by atoms with E-state index in [1.165, 1.54) is 34.7 Å². The Kier molecular flexibility index (Phi) is 10.9. The van der Waals surface area contributed by atoms with Crippen LogP contribution in [0.25, 0.3) is 10.8 Å². The number of halogens is 3. The Labute approximate surface area is 231 Å². The van der Waals surface area contributed by atoms with Gasteiger partial charge in [0.1, 0.15) is 12.4 Å². The van der Waals surface area contributed by atoms with E-state index >= 15 is 0 Å². The van der Waals surface area contributed by atoms with Gasteiger partial charge in [-0.2, -0.15) is 0 Å². The van der Waals surface area contributed by atoms with Gasteiger partial charge in [0.05, 0.1) is 0 Å². The number of nitrogens with zero attached hydrogens (tertiary/aromatic N) is 1. The molecule has 6 heteroatoms. The number of nitrogens with one attached hydrogen (secondary N) is 1. The van der Waals surface area contributed by atoms with E-state index in [4.69, 9.17) is 16.3 Å². The number of likely N-dealkylation sites (tertiary alicyclic amines) is 1. The highest BCUT2D eigenvalue weighted by atomic mass is 35.5. The number of piperidine rings is 1. The molecule has 1 aliphatic rings. The van der Waals surface area contributed by atoms with Gasteiger partial charge in [-0.3, -0.25) is 4.90 Å². The van der Waals surface area contributed by atoms with Crippen molar-refractivity contribution in [3.8, 4) is 5.75 Å². The maximum Gasteiger partial charge on any atom is 0.124 e. The molecule has 0 atom stereocenters. The molecular formula is C30H33Cl3N2O. The molecule has 36 heavy (non-hydrogen) atoms. The largest absolute Gasteiger partial charge is 0.489 e. The van der Waals surface area contributed by atoms with Gasteiger partial charge < -0.3 is 10.1 Å². The number of rotatable bonds is 8. The third-order valence-electron chi connectivity index (χ3n) is 6.71. The van der Waals surface area contributed by atoms with Gasteiger partial charge in [-0.25, -0.2) is 0 Å². The minimum atomic E-state index is 0. The van der Waals surface area contributed by atoms with Crippen LogP contribution in [0.3, 0.4) is 0 Å². The molecule has 0 spiro atoms. The topological polar surface area (TPSA) is 24.5 Å². The molecule has 3 nitrogen and oxygen atoms in total. The number of fused-ring (bicyclic) bond motifs is 1. The highest BCUT2D eigenvalue weighted by Gasteiger charge is 2.20. The van der Waals surface area contributed by atoms with Gasteiger partial charge in [0.15, 0.2) is 0 Å². The highest BCUT2D eigenvalue weighted by molar-refractivity contribution is 6.30. The Morgan fingerprint density at radius 3 is 2.22 bits per heavy atom. The minimum Gasteiger partial charge on any atom is -0.489 e. The smallest absolute Gasteiger partial charge is 0.124 e. The fraction of sp³-hybridized carbons (Fsp3) is 0.267. The Morgan fingerprint density at radius 1 is 0.778 bits per heavy atom. The van der Waals surface area contributed by atoms with E-state index < -0.39 is 0 Å². The molecule has 0 unspecified atom stereocenters. The second-order valence-electron chi connectivity index (χ2n) is 9.10. The molecule has 190 valence electrons. The van der Waals surface area contributed by atoms with Crippen LogP contribution in [0.1, 0.15) is 29.5 Å². The monoisotopic (exact) mass is 542 g/mol. The molecule has 0 bridgehead atoms. The van der Waals surface area contributed by atoms with Crippen molar-refractivity contribution in [1.29, 1.82) is 0 Å². The second-order valence-corrected chi connectivity index (χ2v) is 9.53. The third kappa shape index (κ3) is 7.38. The number of hydrogen-bond acceptors (Lipinski definition) is 3. The van der Waals surface area contributed by atoms with Crippen molar-refractivity contribution in [2.75, 3.05) is 13.1 Å². The molecule has 1 heterocycles. The lowest BCUT2D eigenvalue weighted by Gasteiger charge is -2.32. The summed E-state index contributed by atoms with van der Waals surface area (Å²) in [6, 6.07) is 32.0. The number of benzene rings is 4. The van der Waals surface area contributed by atoms with E-state index in [0.29, 0.717) is 12.6 Å². The van der Waals surface area contributed by atoms with Crippen molar-refractivity contribution in [1.82, 2.24) is 10.2 Å². The molecule has 5 rings (SSSR count). The molecule has 1 saturated heterocycles. The van der Waals surface area contributed by atoms with Gasteiger partial charge >= 0.3 is 0 Å². The van der Waals surface area contributed by atoms with Crippen LogP contribution in [0.4, 0.5) is 0 Å². The first-order valence-corrected chi connectivity index (χ1v) is 12.5.